The van der Waals surface area contributed by atoms with E-state index in [-0.39, 0.29) is 41.1 Å². The lowest BCUT2D eigenvalue weighted by molar-refractivity contribution is 0.0866. The van der Waals surface area contributed by atoms with Gasteiger partial charge in [-0.05, 0) is 6.92 Å². The third-order valence-corrected chi connectivity index (χ3v) is 2.15. The Kier molecular flexibility index (Phi) is 1.84. The van der Waals surface area contributed by atoms with Crippen LogP contribution in [0.1, 0.15) is 23.7 Å². The Bertz CT molecular complexity index is 397. The molecule has 0 aliphatic carbocycles. The minimum atomic E-state index is -0.225. The number of rotatable bonds is 0. The number of hydrogen-bond donors (Lipinski definition) is 2. The van der Waals surface area contributed by atoms with E-state index in [0.29, 0.717) is 0 Å². The van der Waals surface area contributed by atoms with Crippen LogP contribution in [-0.4, -0.2) is 22.1 Å². The van der Waals surface area contributed by atoms with Gasteiger partial charge in [0, 0.05) is 18.6 Å². The Morgan fingerprint density at radius 1 is 1.43 bits per heavy atom. The van der Waals surface area contributed by atoms with Crippen LogP contribution >= 0.6 is 0 Å². The summed E-state index contributed by atoms with van der Waals surface area (Å²) in [6.07, 6.45) is 0.0434. The van der Waals surface area contributed by atoms with E-state index in [0.717, 1.165) is 6.07 Å². The van der Waals surface area contributed by atoms with Crippen molar-refractivity contribution in [2.75, 3.05) is 0 Å². The summed E-state index contributed by atoms with van der Waals surface area (Å²) in [7, 11) is 0. The lowest BCUT2D eigenvalue weighted by Crippen LogP contribution is -2.23. The first kappa shape index (κ1) is 8.87. The van der Waals surface area contributed by atoms with Gasteiger partial charge in [-0.1, -0.05) is 0 Å². The number of phenolic OH excluding ortho intramolecular Hbond substituents is 2. The maximum atomic E-state index is 11.5. The van der Waals surface area contributed by atoms with Crippen LogP contribution in [0.3, 0.4) is 0 Å². The van der Waals surface area contributed by atoms with E-state index in [1.807, 2.05) is 0 Å². The van der Waals surface area contributed by atoms with Crippen molar-refractivity contribution in [3.05, 3.63) is 17.7 Å². The maximum absolute atomic E-state index is 11.5. The van der Waals surface area contributed by atoms with Gasteiger partial charge in [-0.15, -0.1) is 0 Å². The van der Waals surface area contributed by atoms with Crippen LogP contribution in [0.25, 0.3) is 0 Å². The number of phenols is 2. The molecule has 14 heavy (non-hydrogen) atoms. The van der Waals surface area contributed by atoms with E-state index in [9.17, 15) is 15.0 Å². The fraction of sp³-hybridized carbons (Fsp3) is 0.300. The summed E-state index contributed by atoms with van der Waals surface area (Å²) in [4.78, 5) is 11.5. The number of carbonyl (C=O) groups excluding carboxylic acids is 1. The van der Waals surface area contributed by atoms with Gasteiger partial charge in [-0.25, -0.2) is 0 Å². The zero-order chi connectivity index (χ0) is 10.3. The molecule has 1 aromatic rings. The molecule has 4 heteroatoms. The first-order valence-corrected chi connectivity index (χ1v) is 4.34. The van der Waals surface area contributed by atoms with Gasteiger partial charge in [0.1, 0.15) is 28.9 Å². The smallest absolute Gasteiger partial charge is 0.174 e. The number of ether oxygens (including phenoxy) is 1. The van der Waals surface area contributed by atoms with Gasteiger partial charge >= 0.3 is 0 Å². The van der Waals surface area contributed by atoms with Gasteiger partial charge in [0.25, 0.3) is 0 Å². The van der Waals surface area contributed by atoms with Gasteiger partial charge in [-0.2, -0.15) is 0 Å². The summed E-state index contributed by atoms with van der Waals surface area (Å²) in [5.41, 5.74) is 0.168. The molecule has 0 aromatic heterocycles. The molecular weight excluding hydrogens is 184 g/mol. The zero-order valence-electron chi connectivity index (χ0n) is 7.65. The van der Waals surface area contributed by atoms with Crippen molar-refractivity contribution < 1.29 is 19.7 Å². The van der Waals surface area contributed by atoms with Crippen LogP contribution in [0, 0.1) is 0 Å². The molecule has 4 nitrogen and oxygen atoms in total. The van der Waals surface area contributed by atoms with Gasteiger partial charge in [0.15, 0.2) is 5.78 Å². The summed E-state index contributed by atoms with van der Waals surface area (Å²) in [6, 6.07) is 2.47. The third kappa shape index (κ3) is 1.28. The topological polar surface area (TPSA) is 66.8 Å². The summed E-state index contributed by atoms with van der Waals surface area (Å²) in [6.45, 7) is 1.77. The van der Waals surface area contributed by atoms with Crippen LogP contribution in [0.2, 0.25) is 0 Å². The minimum Gasteiger partial charge on any atom is -0.508 e. The number of ketones is 1. The molecule has 0 radical (unpaired) electrons. The number of fused-ring (bicyclic) bond motifs is 1. The molecule has 0 saturated heterocycles. The largest absolute Gasteiger partial charge is 0.508 e. The van der Waals surface area contributed by atoms with E-state index >= 15 is 0 Å². The normalized spacial score (nSPS) is 20.1. The first-order chi connectivity index (χ1) is 6.58. The van der Waals surface area contributed by atoms with Crippen molar-refractivity contribution in [3.8, 4) is 17.2 Å². The number of benzene rings is 1. The molecule has 2 N–H and O–H groups in total. The predicted molar refractivity (Wildman–Crippen MR) is 48.8 cm³/mol. The third-order valence-electron chi connectivity index (χ3n) is 2.15. The highest BCUT2D eigenvalue weighted by Crippen LogP contribution is 2.37. The van der Waals surface area contributed by atoms with E-state index in [4.69, 9.17) is 4.74 Å². The lowest BCUT2D eigenvalue weighted by Gasteiger charge is -2.22. The van der Waals surface area contributed by atoms with Gasteiger partial charge in [0.2, 0.25) is 0 Å². The highest BCUT2D eigenvalue weighted by atomic mass is 16.5. The fourth-order valence-corrected chi connectivity index (χ4v) is 1.58. The second kappa shape index (κ2) is 2.90. The molecule has 0 unspecified atom stereocenters. The van der Waals surface area contributed by atoms with Crippen molar-refractivity contribution in [3.63, 3.8) is 0 Å². The van der Waals surface area contributed by atoms with E-state index in [1.165, 1.54) is 6.07 Å². The Hall–Kier alpha value is -1.71. The molecule has 0 saturated carbocycles. The van der Waals surface area contributed by atoms with Crippen molar-refractivity contribution in [2.45, 2.75) is 19.4 Å². The summed E-state index contributed by atoms with van der Waals surface area (Å²) in [5.74, 6) is -0.234. The Labute approximate surface area is 80.7 Å². The second-order valence-corrected chi connectivity index (χ2v) is 3.39. The average molecular weight is 194 g/mol. The minimum absolute atomic E-state index is 0.108. The number of aromatic hydroxyl groups is 2. The Balaban J connectivity index is 2.59. The molecule has 74 valence electrons. The monoisotopic (exact) mass is 194 g/mol. The van der Waals surface area contributed by atoms with Crippen LogP contribution in [0.15, 0.2) is 12.1 Å². The highest BCUT2D eigenvalue weighted by Gasteiger charge is 2.27. The second-order valence-electron chi connectivity index (χ2n) is 3.39. The van der Waals surface area contributed by atoms with Gasteiger partial charge in [-0.3, -0.25) is 4.79 Å². The summed E-state index contributed by atoms with van der Waals surface area (Å²) >= 11 is 0. The Morgan fingerprint density at radius 2 is 2.14 bits per heavy atom. The van der Waals surface area contributed by atoms with Crippen LogP contribution in [0.4, 0.5) is 0 Å². The number of Topliss-reactive ketones (excluding diaryl/α,β-unsaturated/α-hetero) is 1. The molecule has 1 atom stereocenters. The molecule has 1 heterocycles. The summed E-state index contributed by atoms with van der Waals surface area (Å²) in [5, 5.41) is 18.6. The quantitative estimate of drug-likeness (QED) is 0.656. The molecule has 2 rings (SSSR count). The molecule has 0 spiro atoms. The molecular formula is C10H10O4. The van der Waals surface area contributed by atoms with Crippen molar-refractivity contribution in [1.82, 2.24) is 0 Å². The van der Waals surface area contributed by atoms with Gasteiger partial charge in [0.05, 0.1) is 0 Å². The van der Waals surface area contributed by atoms with Gasteiger partial charge < -0.3 is 14.9 Å². The number of hydrogen-bond acceptors (Lipinski definition) is 4. The molecule has 0 amide bonds. The summed E-state index contributed by atoms with van der Waals surface area (Å²) < 4.78 is 5.32. The molecule has 1 aliphatic heterocycles. The molecule has 1 aliphatic rings. The number of carbonyl (C=O) groups is 1. The zero-order valence-corrected chi connectivity index (χ0v) is 7.65. The molecule has 0 bridgehead atoms. The fourth-order valence-electron chi connectivity index (χ4n) is 1.58. The Morgan fingerprint density at radius 3 is 2.86 bits per heavy atom. The van der Waals surface area contributed by atoms with E-state index < -0.39 is 0 Å². The highest BCUT2D eigenvalue weighted by molar-refractivity contribution is 6.02. The van der Waals surface area contributed by atoms with Crippen molar-refractivity contribution in [2.24, 2.45) is 0 Å². The standard InChI is InChI=1S/C10H10O4/c1-5-2-7(12)10-8(13)3-6(11)4-9(10)14-5/h3-5,11,13H,2H2,1H3/t5-/m0/s1. The van der Waals surface area contributed by atoms with Crippen LogP contribution < -0.4 is 4.74 Å². The lowest BCUT2D eigenvalue weighted by atomic mass is 10.0. The van der Waals surface area contributed by atoms with Crippen molar-refractivity contribution >= 4 is 5.78 Å². The first-order valence-electron chi connectivity index (χ1n) is 4.34. The molecule has 0 fully saturated rings. The van der Waals surface area contributed by atoms with Crippen molar-refractivity contribution in [1.29, 1.82) is 0 Å². The SMILES string of the molecule is C[C@H]1CC(=O)c2c(O)cc(O)cc2O1. The van der Waals surface area contributed by atoms with E-state index in [2.05, 4.69) is 0 Å². The van der Waals surface area contributed by atoms with Crippen LogP contribution in [0.5, 0.6) is 17.2 Å². The predicted octanol–water partition coefficient (Wildman–Crippen LogP) is 1.45. The molecule has 1 aromatic carbocycles. The van der Waals surface area contributed by atoms with E-state index in [1.54, 1.807) is 6.92 Å². The average Bonchev–Trinajstić information content (AvgIpc) is 1.99. The maximum Gasteiger partial charge on any atom is 0.174 e. The van der Waals surface area contributed by atoms with Crippen LogP contribution in [-0.2, 0) is 0 Å².